The molecule has 0 amide bonds. The Hall–Kier alpha value is -1.02. The predicted octanol–water partition coefficient (Wildman–Crippen LogP) is 9.71. The second-order valence-electron chi connectivity index (χ2n) is 11.3. The second-order valence-corrected chi connectivity index (χ2v) is 11.3. The highest BCUT2D eigenvalue weighted by Crippen LogP contribution is 2.40. The van der Waals surface area contributed by atoms with E-state index < -0.39 is 0 Å². The molecule has 0 bridgehead atoms. The average molecular weight is 459 g/mol. The van der Waals surface area contributed by atoms with E-state index >= 15 is 0 Å². The standard InChI is InChI=1S/C24H40O2.C7H14/c1-5-10-21(6-2)22-11-13-23(14-12-22)26-18-17-25-20(3)19-24(4)15-8-7-9-16-24;1-7-5-3-2-4-6-7/h11-14,20-21H,5-10,15-19H2,1-4H3;7H,2-6H2,1H3. The largest absolute Gasteiger partial charge is 0.491 e. The summed E-state index contributed by atoms with van der Waals surface area (Å²) < 4.78 is 11.9. The van der Waals surface area contributed by atoms with Gasteiger partial charge in [0.05, 0.1) is 12.7 Å². The number of hydrogen-bond donors (Lipinski definition) is 0. The van der Waals surface area contributed by atoms with Crippen LogP contribution in [0.2, 0.25) is 0 Å². The lowest BCUT2D eigenvalue weighted by Gasteiger charge is -2.35. The highest BCUT2D eigenvalue weighted by Gasteiger charge is 2.28. The SMILES string of the molecule is CC1CCCCC1.CCCC(CC)c1ccc(OCCOC(C)CC2(C)CCCCC2)cc1. The van der Waals surface area contributed by atoms with Crippen LogP contribution in [0.5, 0.6) is 5.75 Å². The van der Waals surface area contributed by atoms with Crippen LogP contribution in [-0.4, -0.2) is 19.3 Å². The van der Waals surface area contributed by atoms with Crippen molar-refractivity contribution in [3.63, 3.8) is 0 Å². The molecule has 2 unspecified atom stereocenters. The van der Waals surface area contributed by atoms with E-state index in [0.717, 1.165) is 11.7 Å². The molecule has 0 saturated heterocycles. The van der Waals surface area contributed by atoms with Gasteiger partial charge in [0.25, 0.3) is 0 Å². The summed E-state index contributed by atoms with van der Waals surface area (Å²) in [6.07, 6.45) is 19.6. The fourth-order valence-corrected chi connectivity index (χ4v) is 5.87. The average Bonchev–Trinajstić information content (AvgIpc) is 2.82. The van der Waals surface area contributed by atoms with Crippen LogP contribution in [0.4, 0.5) is 0 Å². The number of benzene rings is 1. The molecule has 2 heteroatoms. The van der Waals surface area contributed by atoms with Gasteiger partial charge in [0.2, 0.25) is 0 Å². The normalized spacial score (nSPS) is 20.4. The molecule has 2 nitrogen and oxygen atoms in total. The van der Waals surface area contributed by atoms with E-state index in [4.69, 9.17) is 9.47 Å². The van der Waals surface area contributed by atoms with Gasteiger partial charge in [-0.2, -0.15) is 0 Å². The molecule has 1 aromatic carbocycles. The van der Waals surface area contributed by atoms with Crippen molar-refractivity contribution in [1.29, 1.82) is 0 Å². The third kappa shape index (κ3) is 11.3. The van der Waals surface area contributed by atoms with Crippen LogP contribution >= 0.6 is 0 Å². The fraction of sp³-hybridized carbons (Fsp3) is 0.806. The van der Waals surface area contributed by atoms with Crippen molar-refractivity contribution in [2.45, 2.75) is 137 Å². The van der Waals surface area contributed by atoms with Crippen molar-refractivity contribution < 1.29 is 9.47 Å². The first kappa shape index (κ1) is 28.2. The van der Waals surface area contributed by atoms with Crippen LogP contribution in [0.1, 0.15) is 136 Å². The van der Waals surface area contributed by atoms with E-state index in [1.165, 1.54) is 95.5 Å². The van der Waals surface area contributed by atoms with Crippen molar-refractivity contribution >= 4 is 0 Å². The van der Waals surface area contributed by atoms with Gasteiger partial charge in [-0.05, 0) is 74.0 Å². The van der Waals surface area contributed by atoms with Crippen LogP contribution in [0.25, 0.3) is 0 Å². The molecule has 1 aromatic rings. The van der Waals surface area contributed by atoms with E-state index in [-0.39, 0.29) is 0 Å². The molecule has 0 radical (unpaired) electrons. The summed E-state index contributed by atoms with van der Waals surface area (Å²) in [7, 11) is 0. The topological polar surface area (TPSA) is 18.5 Å². The highest BCUT2D eigenvalue weighted by molar-refractivity contribution is 5.29. The summed E-state index contributed by atoms with van der Waals surface area (Å²) in [6.45, 7) is 12.9. The van der Waals surface area contributed by atoms with Gasteiger partial charge in [0.1, 0.15) is 12.4 Å². The van der Waals surface area contributed by atoms with Gasteiger partial charge >= 0.3 is 0 Å². The summed E-state index contributed by atoms with van der Waals surface area (Å²) in [5.41, 5.74) is 1.93. The molecule has 0 aromatic heterocycles. The molecule has 0 N–H and O–H groups in total. The Morgan fingerprint density at radius 3 is 2.09 bits per heavy atom. The van der Waals surface area contributed by atoms with Gasteiger partial charge < -0.3 is 9.47 Å². The summed E-state index contributed by atoms with van der Waals surface area (Å²) in [6, 6.07) is 8.68. The van der Waals surface area contributed by atoms with Gasteiger partial charge in [-0.25, -0.2) is 0 Å². The third-order valence-corrected chi connectivity index (χ3v) is 7.97. The molecular weight excluding hydrogens is 404 g/mol. The quantitative estimate of drug-likeness (QED) is 0.307. The number of ether oxygens (including phenoxy) is 2. The zero-order chi connectivity index (χ0) is 23.9. The van der Waals surface area contributed by atoms with Crippen LogP contribution in [0.15, 0.2) is 24.3 Å². The van der Waals surface area contributed by atoms with E-state index in [1.54, 1.807) is 0 Å². The van der Waals surface area contributed by atoms with Crippen molar-refractivity contribution in [2.75, 3.05) is 13.2 Å². The van der Waals surface area contributed by atoms with Crippen LogP contribution in [0, 0.1) is 11.3 Å². The van der Waals surface area contributed by atoms with Crippen molar-refractivity contribution in [3.8, 4) is 5.75 Å². The highest BCUT2D eigenvalue weighted by atomic mass is 16.5. The van der Waals surface area contributed by atoms with Crippen molar-refractivity contribution in [3.05, 3.63) is 29.8 Å². The van der Waals surface area contributed by atoms with E-state index in [1.807, 2.05) is 0 Å². The summed E-state index contributed by atoms with van der Waals surface area (Å²) in [5.74, 6) is 2.67. The molecule has 2 saturated carbocycles. The minimum Gasteiger partial charge on any atom is -0.491 e. The predicted molar refractivity (Wildman–Crippen MR) is 143 cm³/mol. The molecule has 2 aliphatic carbocycles. The molecule has 0 spiro atoms. The molecule has 2 fully saturated rings. The van der Waals surface area contributed by atoms with Crippen LogP contribution in [0.3, 0.4) is 0 Å². The first-order valence-electron chi connectivity index (χ1n) is 14.3. The minimum absolute atomic E-state index is 0.323. The maximum atomic E-state index is 6.02. The molecular formula is C31H54O2. The summed E-state index contributed by atoms with van der Waals surface area (Å²) in [5, 5.41) is 0. The Morgan fingerprint density at radius 2 is 1.55 bits per heavy atom. The third-order valence-electron chi connectivity index (χ3n) is 7.97. The Kier molecular flexibility index (Phi) is 13.5. The zero-order valence-electron chi connectivity index (χ0n) is 22.7. The Bertz CT molecular complexity index is 596. The Labute approximate surface area is 206 Å². The molecule has 2 atom stereocenters. The first-order valence-corrected chi connectivity index (χ1v) is 14.3. The maximum absolute atomic E-state index is 6.02. The van der Waals surface area contributed by atoms with Gasteiger partial charge in [-0.1, -0.05) is 97.6 Å². The monoisotopic (exact) mass is 458 g/mol. The lowest BCUT2D eigenvalue weighted by molar-refractivity contribution is 0.00776. The minimum atomic E-state index is 0.323. The lowest BCUT2D eigenvalue weighted by Crippen LogP contribution is -2.27. The number of rotatable bonds is 11. The zero-order valence-corrected chi connectivity index (χ0v) is 22.7. The fourth-order valence-electron chi connectivity index (χ4n) is 5.87. The van der Waals surface area contributed by atoms with E-state index in [0.29, 0.717) is 30.7 Å². The molecule has 190 valence electrons. The Morgan fingerprint density at radius 1 is 0.909 bits per heavy atom. The van der Waals surface area contributed by atoms with E-state index in [2.05, 4.69) is 58.9 Å². The van der Waals surface area contributed by atoms with E-state index in [9.17, 15) is 0 Å². The molecule has 33 heavy (non-hydrogen) atoms. The van der Waals surface area contributed by atoms with Gasteiger partial charge in [-0.3, -0.25) is 0 Å². The smallest absolute Gasteiger partial charge is 0.119 e. The van der Waals surface area contributed by atoms with Crippen LogP contribution in [-0.2, 0) is 4.74 Å². The molecule has 0 heterocycles. The maximum Gasteiger partial charge on any atom is 0.119 e. The van der Waals surface area contributed by atoms with Crippen molar-refractivity contribution in [1.82, 2.24) is 0 Å². The summed E-state index contributed by atoms with van der Waals surface area (Å²) in [4.78, 5) is 0. The first-order chi connectivity index (χ1) is 16.0. The van der Waals surface area contributed by atoms with Gasteiger partial charge in [0, 0.05) is 0 Å². The van der Waals surface area contributed by atoms with Crippen LogP contribution < -0.4 is 4.74 Å². The Balaban J connectivity index is 0.000000468. The lowest BCUT2D eigenvalue weighted by atomic mass is 9.72. The second kappa shape index (κ2) is 15.8. The van der Waals surface area contributed by atoms with Crippen molar-refractivity contribution in [2.24, 2.45) is 11.3 Å². The molecule has 2 aliphatic rings. The summed E-state index contributed by atoms with van der Waals surface area (Å²) >= 11 is 0. The number of hydrogen-bond acceptors (Lipinski definition) is 2. The molecule has 0 aliphatic heterocycles. The van der Waals surface area contributed by atoms with Gasteiger partial charge in [0.15, 0.2) is 0 Å². The van der Waals surface area contributed by atoms with Gasteiger partial charge in [-0.15, -0.1) is 0 Å². The molecule has 3 rings (SSSR count).